The van der Waals surface area contributed by atoms with Gasteiger partial charge in [0.25, 0.3) is 0 Å². The lowest BCUT2D eigenvalue weighted by Gasteiger charge is -1.96. The number of carbonyl (C=O) groups excluding carboxylic acids is 1. The second-order valence-corrected chi connectivity index (χ2v) is 2.65. The van der Waals surface area contributed by atoms with Gasteiger partial charge in [0.1, 0.15) is 5.82 Å². The average Bonchev–Trinajstić information content (AvgIpc) is 2.15. The molecular formula is C9H12N2O. The van der Waals surface area contributed by atoms with Crippen LogP contribution >= 0.6 is 0 Å². The molecule has 0 aliphatic carbocycles. The van der Waals surface area contributed by atoms with Crippen LogP contribution in [0.25, 0.3) is 0 Å². The molecule has 64 valence electrons. The van der Waals surface area contributed by atoms with Crippen LogP contribution in [0.1, 0.15) is 35.9 Å². The summed E-state index contributed by atoms with van der Waals surface area (Å²) < 4.78 is 0. The Morgan fingerprint density at radius 2 is 2.08 bits per heavy atom. The van der Waals surface area contributed by atoms with Crippen LogP contribution < -0.4 is 0 Å². The van der Waals surface area contributed by atoms with Gasteiger partial charge in [-0.2, -0.15) is 0 Å². The van der Waals surface area contributed by atoms with Gasteiger partial charge in [-0.15, -0.1) is 0 Å². The molecule has 1 aromatic heterocycles. The van der Waals surface area contributed by atoms with Gasteiger partial charge in [0.2, 0.25) is 0 Å². The van der Waals surface area contributed by atoms with Crippen molar-refractivity contribution >= 4 is 6.29 Å². The minimum Gasteiger partial charge on any atom is -0.298 e. The van der Waals surface area contributed by atoms with Crippen LogP contribution in [-0.2, 0) is 6.42 Å². The zero-order chi connectivity index (χ0) is 8.81. The van der Waals surface area contributed by atoms with E-state index in [-0.39, 0.29) is 0 Å². The second-order valence-electron chi connectivity index (χ2n) is 2.65. The summed E-state index contributed by atoms with van der Waals surface area (Å²) in [7, 11) is 0. The van der Waals surface area contributed by atoms with E-state index in [4.69, 9.17) is 0 Å². The van der Waals surface area contributed by atoms with Crippen molar-refractivity contribution in [2.45, 2.75) is 26.2 Å². The van der Waals surface area contributed by atoms with Crippen molar-refractivity contribution < 1.29 is 4.79 Å². The van der Waals surface area contributed by atoms with Crippen LogP contribution in [0.15, 0.2) is 12.4 Å². The van der Waals surface area contributed by atoms with E-state index in [9.17, 15) is 4.79 Å². The molecular weight excluding hydrogens is 152 g/mol. The summed E-state index contributed by atoms with van der Waals surface area (Å²) in [4.78, 5) is 18.3. The topological polar surface area (TPSA) is 42.9 Å². The summed E-state index contributed by atoms with van der Waals surface area (Å²) in [5.41, 5.74) is 0.537. The Bertz CT molecular complexity index is 243. The third kappa shape index (κ3) is 2.42. The molecule has 0 atom stereocenters. The first kappa shape index (κ1) is 8.84. The van der Waals surface area contributed by atoms with E-state index in [1.54, 1.807) is 12.4 Å². The number of carbonyl (C=O) groups is 1. The van der Waals surface area contributed by atoms with E-state index in [1.807, 2.05) is 0 Å². The Balaban J connectivity index is 2.58. The molecule has 0 saturated carbocycles. The molecule has 0 bridgehead atoms. The summed E-state index contributed by atoms with van der Waals surface area (Å²) >= 11 is 0. The molecule has 0 amide bonds. The summed E-state index contributed by atoms with van der Waals surface area (Å²) in [6.45, 7) is 2.12. The van der Waals surface area contributed by atoms with Gasteiger partial charge in [-0.05, 0) is 6.42 Å². The van der Waals surface area contributed by atoms with Crippen molar-refractivity contribution in [3.05, 3.63) is 23.8 Å². The molecule has 0 N–H and O–H groups in total. The molecule has 0 radical (unpaired) electrons. The molecule has 1 rings (SSSR count). The normalized spacial score (nSPS) is 9.75. The zero-order valence-electron chi connectivity index (χ0n) is 7.16. The molecule has 0 saturated heterocycles. The van der Waals surface area contributed by atoms with Crippen LogP contribution in [0.3, 0.4) is 0 Å². The second kappa shape index (κ2) is 4.59. The summed E-state index contributed by atoms with van der Waals surface area (Å²) in [5.74, 6) is 0.822. The van der Waals surface area contributed by atoms with Crippen molar-refractivity contribution in [2.75, 3.05) is 0 Å². The maximum atomic E-state index is 10.3. The fourth-order valence-corrected chi connectivity index (χ4v) is 0.890. The lowest BCUT2D eigenvalue weighted by molar-refractivity contribution is 0.112. The first-order chi connectivity index (χ1) is 5.86. The molecule has 0 aliphatic heterocycles. The van der Waals surface area contributed by atoms with E-state index in [0.29, 0.717) is 5.56 Å². The third-order valence-electron chi connectivity index (χ3n) is 1.62. The fraction of sp³-hybridized carbons (Fsp3) is 0.444. The summed E-state index contributed by atoms with van der Waals surface area (Å²) in [6, 6.07) is 0. The maximum Gasteiger partial charge on any atom is 0.153 e. The molecule has 1 aromatic rings. The first-order valence-corrected chi connectivity index (χ1v) is 4.13. The molecule has 3 heteroatoms. The van der Waals surface area contributed by atoms with Gasteiger partial charge in [0, 0.05) is 18.8 Å². The van der Waals surface area contributed by atoms with Crippen molar-refractivity contribution in [2.24, 2.45) is 0 Å². The van der Waals surface area contributed by atoms with Gasteiger partial charge >= 0.3 is 0 Å². The summed E-state index contributed by atoms with van der Waals surface area (Å²) in [5, 5.41) is 0. The number of unbranched alkanes of at least 4 members (excludes halogenated alkanes) is 1. The standard InChI is InChI=1S/C9H12N2O/c1-2-3-4-9-10-5-8(7-12)6-11-9/h5-7H,2-4H2,1H3. The van der Waals surface area contributed by atoms with Crippen LogP contribution in [0.2, 0.25) is 0 Å². The molecule has 0 aromatic carbocycles. The molecule has 0 spiro atoms. The van der Waals surface area contributed by atoms with Crippen LogP contribution in [0.5, 0.6) is 0 Å². The van der Waals surface area contributed by atoms with E-state index < -0.39 is 0 Å². The Morgan fingerprint density at radius 3 is 2.58 bits per heavy atom. The van der Waals surface area contributed by atoms with Gasteiger partial charge in [0.15, 0.2) is 6.29 Å². The first-order valence-electron chi connectivity index (χ1n) is 4.13. The van der Waals surface area contributed by atoms with Gasteiger partial charge in [-0.3, -0.25) is 4.79 Å². The highest BCUT2D eigenvalue weighted by molar-refractivity contribution is 5.73. The van der Waals surface area contributed by atoms with E-state index in [1.165, 1.54) is 0 Å². The Labute approximate surface area is 71.9 Å². The highest BCUT2D eigenvalue weighted by Gasteiger charge is 1.95. The smallest absolute Gasteiger partial charge is 0.153 e. The van der Waals surface area contributed by atoms with E-state index >= 15 is 0 Å². The number of hydrogen-bond donors (Lipinski definition) is 0. The summed E-state index contributed by atoms with van der Waals surface area (Å²) in [6.07, 6.45) is 7.01. The third-order valence-corrected chi connectivity index (χ3v) is 1.62. The average molecular weight is 164 g/mol. The van der Waals surface area contributed by atoms with Crippen molar-refractivity contribution in [3.8, 4) is 0 Å². The van der Waals surface area contributed by atoms with Crippen LogP contribution in [0, 0.1) is 0 Å². The van der Waals surface area contributed by atoms with Crippen LogP contribution in [-0.4, -0.2) is 16.3 Å². The Morgan fingerprint density at radius 1 is 1.42 bits per heavy atom. The zero-order valence-corrected chi connectivity index (χ0v) is 7.16. The van der Waals surface area contributed by atoms with Gasteiger partial charge in [0.05, 0.1) is 5.56 Å². The number of rotatable bonds is 4. The molecule has 0 unspecified atom stereocenters. The Hall–Kier alpha value is -1.25. The molecule has 1 heterocycles. The van der Waals surface area contributed by atoms with Gasteiger partial charge in [-0.1, -0.05) is 13.3 Å². The van der Waals surface area contributed by atoms with Crippen molar-refractivity contribution in [1.29, 1.82) is 0 Å². The molecule has 12 heavy (non-hydrogen) atoms. The van der Waals surface area contributed by atoms with E-state index in [2.05, 4.69) is 16.9 Å². The largest absolute Gasteiger partial charge is 0.298 e. The molecule has 3 nitrogen and oxygen atoms in total. The maximum absolute atomic E-state index is 10.3. The number of aldehydes is 1. The van der Waals surface area contributed by atoms with Crippen molar-refractivity contribution in [1.82, 2.24) is 9.97 Å². The number of aryl methyl sites for hydroxylation is 1. The minimum absolute atomic E-state index is 0.537. The van der Waals surface area contributed by atoms with Gasteiger partial charge < -0.3 is 0 Å². The highest BCUT2D eigenvalue weighted by atomic mass is 16.1. The minimum atomic E-state index is 0.537. The highest BCUT2D eigenvalue weighted by Crippen LogP contribution is 1.98. The lowest BCUT2D eigenvalue weighted by Crippen LogP contribution is -1.95. The number of nitrogens with zero attached hydrogens (tertiary/aromatic N) is 2. The number of aromatic nitrogens is 2. The van der Waals surface area contributed by atoms with Crippen molar-refractivity contribution in [3.63, 3.8) is 0 Å². The van der Waals surface area contributed by atoms with E-state index in [0.717, 1.165) is 31.4 Å². The van der Waals surface area contributed by atoms with Gasteiger partial charge in [-0.25, -0.2) is 9.97 Å². The predicted octanol–water partition coefficient (Wildman–Crippen LogP) is 1.63. The predicted molar refractivity (Wildman–Crippen MR) is 46.0 cm³/mol. The monoisotopic (exact) mass is 164 g/mol. The Kier molecular flexibility index (Phi) is 3.38. The number of hydrogen-bond acceptors (Lipinski definition) is 3. The molecule has 0 fully saturated rings. The quantitative estimate of drug-likeness (QED) is 0.635. The molecule has 0 aliphatic rings. The lowest BCUT2D eigenvalue weighted by atomic mass is 10.2. The SMILES string of the molecule is CCCCc1ncc(C=O)cn1. The van der Waals surface area contributed by atoms with Crippen LogP contribution in [0.4, 0.5) is 0 Å². The fourth-order valence-electron chi connectivity index (χ4n) is 0.890.